The number of nitrogens with zero attached hydrogens (tertiary/aromatic N) is 1. The second kappa shape index (κ2) is 6.69. The van der Waals surface area contributed by atoms with E-state index in [0.29, 0.717) is 22.1 Å². The van der Waals surface area contributed by atoms with Crippen LogP contribution in [0.4, 0.5) is 5.69 Å². The Bertz CT molecular complexity index is 1080. The molecule has 8 heteroatoms. The van der Waals surface area contributed by atoms with E-state index in [9.17, 15) is 9.59 Å². The van der Waals surface area contributed by atoms with Gasteiger partial charge in [-0.3, -0.25) is 0 Å². The van der Waals surface area contributed by atoms with Crippen LogP contribution in [0.1, 0.15) is 13.8 Å². The topological polar surface area (TPSA) is 93.3 Å². The molecule has 142 valence electrons. The number of esters is 2. The minimum Gasteiger partial charge on any atom is -0.419 e. The maximum Gasteiger partial charge on any atom is 0.350 e. The van der Waals surface area contributed by atoms with Gasteiger partial charge in [0.25, 0.3) is 5.79 Å². The first kappa shape index (κ1) is 18.1. The Labute approximate surface area is 165 Å². The number of carbonyl (C=O) groups is 2. The van der Waals surface area contributed by atoms with Crippen LogP contribution >= 0.6 is 11.6 Å². The molecule has 0 bridgehead atoms. The van der Waals surface area contributed by atoms with E-state index >= 15 is 0 Å². The van der Waals surface area contributed by atoms with Gasteiger partial charge in [0, 0.05) is 31.3 Å². The molecule has 0 radical (unpaired) electrons. The van der Waals surface area contributed by atoms with E-state index in [1.807, 2.05) is 24.3 Å². The molecule has 1 aliphatic rings. The molecule has 2 heterocycles. The van der Waals surface area contributed by atoms with Gasteiger partial charge in [-0.15, -0.1) is 0 Å². The second-order valence-corrected chi connectivity index (χ2v) is 7.09. The molecule has 4 rings (SSSR count). The summed E-state index contributed by atoms with van der Waals surface area (Å²) in [6.45, 7) is 2.98. The van der Waals surface area contributed by atoms with Gasteiger partial charge >= 0.3 is 11.9 Å². The van der Waals surface area contributed by atoms with Gasteiger partial charge in [-0.25, -0.2) is 14.6 Å². The zero-order chi connectivity index (χ0) is 19.9. The van der Waals surface area contributed by atoms with Crippen molar-refractivity contribution in [1.82, 2.24) is 9.97 Å². The van der Waals surface area contributed by atoms with Crippen LogP contribution < -0.4 is 5.32 Å². The Balaban J connectivity index is 1.62. The standard InChI is InChI=1S/C20H16ClN3O4/c1-20(2)27-18(25)13(19(26)28-20)10-22-11-7-8-14(21)12(9-11)17-23-15-5-3-4-6-16(15)24-17/h3-10,22H,1-2H3,(H,23,24). The number of para-hydroxylation sites is 2. The van der Waals surface area contributed by atoms with E-state index < -0.39 is 17.7 Å². The van der Waals surface area contributed by atoms with Crippen molar-refractivity contribution in [2.75, 3.05) is 5.32 Å². The fourth-order valence-electron chi connectivity index (χ4n) is 2.81. The number of halogens is 1. The highest BCUT2D eigenvalue weighted by molar-refractivity contribution is 6.33. The Morgan fingerprint density at radius 2 is 1.82 bits per heavy atom. The predicted octanol–water partition coefficient (Wildman–Crippen LogP) is 4.02. The number of fused-ring (bicyclic) bond motifs is 1. The van der Waals surface area contributed by atoms with Gasteiger partial charge in [0.2, 0.25) is 0 Å². The number of aromatic amines is 1. The van der Waals surface area contributed by atoms with Crippen molar-refractivity contribution in [2.24, 2.45) is 0 Å². The van der Waals surface area contributed by atoms with Crippen LogP contribution in [0.25, 0.3) is 22.4 Å². The molecular formula is C20H16ClN3O4. The minimum atomic E-state index is -1.28. The fraction of sp³-hybridized carbons (Fsp3) is 0.150. The van der Waals surface area contributed by atoms with Gasteiger partial charge in [0.1, 0.15) is 5.82 Å². The molecule has 1 aromatic heterocycles. The number of H-pyrrole nitrogens is 1. The van der Waals surface area contributed by atoms with E-state index in [0.717, 1.165) is 11.0 Å². The van der Waals surface area contributed by atoms with Gasteiger partial charge in [-0.05, 0) is 30.3 Å². The molecule has 7 nitrogen and oxygen atoms in total. The van der Waals surface area contributed by atoms with Crippen LogP contribution in [0.3, 0.4) is 0 Å². The SMILES string of the molecule is CC1(C)OC(=O)C(=CNc2ccc(Cl)c(-c3nc4ccccc4[nH]3)c2)C(=O)O1. The van der Waals surface area contributed by atoms with E-state index in [-0.39, 0.29) is 5.57 Å². The summed E-state index contributed by atoms with van der Waals surface area (Å²) in [4.78, 5) is 31.8. The largest absolute Gasteiger partial charge is 0.419 e. The van der Waals surface area contributed by atoms with Crippen LogP contribution in [0.15, 0.2) is 54.2 Å². The first-order chi connectivity index (χ1) is 13.3. The monoisotopic (exact) mass is 397 g/mol. The molecule has 0 unspecified atom stereocenters. The predicted molar refractivity (Wildman–Crippen MR) is 105 cm³/mol. The molecule has 0 amide bonds. The number of ether oxygens (including phenoxy) is 2. The van der Waals surface area contributed by atoms with Crippen molar-refractivity contribution in [3.8, 4) is 11.4 Å². The Morgan fingerprint density at radius 1 is 1.11 bits per heavy atom. The molecule has 1 aliphatic heterocycles. The molecule has 28 heavy (non-hydrogen) atoms. The third-order valence-corrected chi connectivity index (χ3v) is 4.44. The number of hydrogen-bond donors (Lipinski definition) is 2. The van der Waals surface area contributed by atoms with Crippen LogP contribution in [0.5, 0.6) is 0 Å². The maximum atomic E-state index is 12.0. The molecule has 0 saturated carbocycles. The summed E-state index contributed by atoms with van der Waals surface area (Å²) in [6, 6.07) is 12.8. The number of carbonyl (C=O) groups excluding carboxylic acids is 2. The summed E-state index contributed by atoms with van der Waals surface area (Å²) in [5.41, 5.74) is 2.78. The third kappa shape index (κ3) is 3.44. The van der Waals surface area contributed by atoms with Gasteiger partial charge in [0.15, 0.2) is 5.57 Å². The van der Waals surface area contributed by atoms with Gasteiger partial charge in [-0.1, -0.05) is 23.7 Å². The Kier molecular flexibility index (Phi) is 4.31. The summed E-state index contributed by atoms with van der Waals surface area (Å²) in [6.07, 6.45) is 1.26. The highest BCUT2D eigenvalue weighted by Crippen LogP contribution is 2.30. The summed E-state index contributed by atoms with van der Waals surface area (Å²) in [5.74, 6) is -2.17. The summed E-state index contributed by atoms with van der Waals surface area (Å²) in [7, 11) is 0. The van der Waals surface area contributed by atoms with E-state index in [2.05, 4.69) is 15.3 Å². The lowest BCUT2D eigenvalue weighted by Crippen LogP contribution is -2.42. The number of cyclic esters (lactones) is 2. The number of benzene rings is 2. The summed E-state index contributed by atoms with van der Waals surface area (Å²) >= 11 is 6.33. The van der Waals surface area contributed by atoms with Crippen LogP contribution in [0, 0.1) is 0 Å². The first-order valence-corrected chi connectivity index (χ1v) is 8.88. The van der Waals surface area contributed by atoms with Crippen molar-refractivity contribution in [1.29, 1.82) is 0 Å². The average Bonchev–Trinajstić information content (AvgIpc) is 3.05. The highest BCUT2D eigenvalue weighted by Gasteiger charge is 2.38. The highest BCUT2D eigenvalue weighted by atomic mass is 35.5. The average molecular weight is 398 g/mol. The molecule has 0 spiro atoms. The first-order valence-electron chi connectivity index (χ1n) is 8.50. The van der Waals surface area contributed by atoms with E-state index in [1.54, 1.807) is 18.2 Å². The number of imidazole rings is 1. The molecule has 0 aliphatic carbocycles. The quantitative estimate of drug-likeness (QED) is 0.394. The summed E-state index contributed by atoms with van der Waals surface area (Å²) in [5, 5.41) is 3.42. The lowest BCUT2D eigenvalue weighted by Gasteiger charge is -2.29. The van der Waals surface area contributed by atoms with Crippen molar-refractivity contribution in [3.05, 3.63) is 59.3 Å². The lowest BCUT2D eigenvalue weighted by molar-refractivity contribution is -0.222. The molecule has 2 N–H and O–H groups in total. The smallest absolute Gasteiger partial charge is 0.350 e. The zero-order valence-corrected chi connectivity index (χ0v) is 15.8. The van der Waals surface area contributed by atoms with Gasteiger partial charge < -0.3 is 19.8 Å². The van der Waals surface area contributed by atoms with Gasteiger partial charge in [0.05, 0.1) is 16.1 Å². The zero-order valence-electron chi connectivity index (χ0n) is 15.1. The lowest BCUT2D eigenvalue weighted by atomic mass is 10.2. The number of rotatable bonds is 3. The van der Waals surface area contributed by atoms with Crippen molar-refractivity contribution >= 4 is 40.3 Å². The van der Waals surface area contributed by atoms with Crippen LogP contribution in [-0.2, 0) is 19.1 Å². The number of aromatic nitrogens is 2. The van der Waals surface area contributed by atoms with Crippen LogP contribution in [-0.4, -0.2) is 27.7 Å². The Morgan fingerprint density at radius 3 is 2.54 bits per heavy atom. The van der Waals surface area contributed by atoms with E-state index in [1.165, 1.54) is 20.0 Å². The van der Waals surface area contributed by atoms with Crippen molar-refractivity contribution < 1.29 is 19.1 Å². The van der Waals surface area contributed by atoms with Crippen LogP contribution in [0.2, 0.25) is 5.02 Å². The molecule has 2 aromatic carbocycles. The molecule has 1 saturated heterocycles. The number of anilines is 1. The third-order valence-electron chi connectivity index (χ3n) is 4.11. The molecular weight excluding hydrogens is 382 g/mol. The number of hydrogen-bond acceptors (Lipinski definition) is 6. The number of nitrogens with one attached hydrogen (secondary N) is 2. The Hall–Kier alpha value is -3.32. The van der Waals surface area contributed by atoms with Crippen molar-refractivity contribution in [2.45, 2.75) is 19.6 Å². The normalized spacial score (nSPS) is 15.9. The van der Waals surface area contributed by atoms with Crippen molar-refractivity contribution in [3.63, 3.8) is 0 Å². The van der Waals surface area contributed by atoms with Gasteiger partial charge in [-0.2, -0.15) is 0 Å². The summed E-state index contributed by atoms with van der Waals surface area (Å²) < 4.78 is 10.1. The fourth-order valence-corrected chi connectivity index (χ4v) is 3.02. The van der Waals surface area contributed by atoms with E-state index in [4.69, 9.17) is 21.1 Å². The molecule has 1 fully saturated rings. The maximum absolute atomic E-state index is 12.0. The second-order valence-electron chi connectivity index (χ2n) is 6.68. The minimum absolute atomic E-state index is 0.223. The molecule has 0 atom stereocenters. The molecule has 3 aromatic rings.